The van der Waals surface area contributed by atoms with Crippen LogP contribution in [0.4, 0.5) is 0 Å². The number of nitrogens with zero attached hydrogens (tertiary/aromatic N) is 2. The highest BCUT2D eigenvalue weighted by Crippen LogP contribution is 2.33. The smallest absolute Gasteiger partial charge is 0.303 e. The van der Waals surface area contributed by atoms with Crippen LogP contribution in [0.1, 0.15) is 76.2 Å². The molecular formula is C30H44N2O3S. The van der Waals surface area contributed by atoms with Gasteiger partial charge in [0.05, 0.1) is 12.6 Å². The van der Waals surface area contributed by atoms with Gasteiger partial charge in [-0.1, -0.05) is 19.3 Å². The van der Waals surface area contributed by atoms with Crippen molar-refractivity contribution in [1.29, 1.82) is 0 Å². The number of methoxy groups -OCH3 is 1. The van der Waals surface area contributed by atoms with E-state index in [-0.39, 0.29) is 0 Å². The Balaban J connectivity index is 1.26. The van der Waals surface area contributed by atoms with Crippen LogP contribution in [0.15, 0.2) is 30.5 Å². The highest BCUT2D eigenvalue weighted by molar-refractivity contribution is 7.99. The average Bonchev–Trinajstić information content (AvgIpc) is 2.91. The number of piperidine rings is 1. The minimum absolute atomic E-state index is 0.293. The fourth-order valence-electron chi connectivity index (χ4n) is 6.23. The van der Waals surface area contributed by atoms with E-state index in [1.807, 2.05) is 18.3 Å². The molecule has 2 atom stereocenters. The van der Waals surface area contributed by atoms with Crippen LogP contribution < -0.4 is 4.74 Å². The lowest BCUT2D eigenvalue weighted by atomic mass is 9.79. The maximum atomic E-state index is 11.3. The first-order valence-corrected chi connectivity index (χ1v) is 15.1. The van der Waals surface area contributed by atoms with E-state index >= 15 is 0 Å². The van der Waals surface area contributed by atoms with Crippen LogP contribution in [-0.4, -0.2) is 58.7 Å². The zero-order valence-electron chi connectivity index (χ0n) is 22.0. The lowest BCUT2D eigenvalue weighted by molar-refractivity contribution is -0.137. The van der Waals surface area contributed by atoms with Gasteiger partial charge >= 0.3 is 5.97 Å². The number of pyridine rings is 1. The van der Waals surface area contributed by atoms with Gasteiger partial charge in [0, 0.05) is 29.8 Å². The number of rotatable bonds is 13. The largest absolute Gasteiger partial charge is 0.497 e. The van der Waals surface area contributed by atoms with Gasteiger partial charge in [-0.3, -0.25) is 9.78 Å². The number of aromatic nitrogens is 1. The van der Waals surface area contributed by atoms with E-state index < -0.39 is 5.97 Å². The number of hydrogen-bond donors (Lipinski definition) is 1. The molecule has 2 aromatic rings. The maximum absolute atomic E-state index is 11.3. The molecule has 1 aliphatic heterocycles. The van der Waals surface area contributed by atoms with Crippen LogP contribution in [-0.2, 0) is 11.2 Å². The Hall–Kier alpha value is -1.79. The second-order valence-corrected chi connectivity index (χ2v) is 12.2. The molecule has 2 fully saturated rings. The normalized spacial score (nSPS) is 21.6. The molecule has 1 saturated carbocycles. The Morgan fingerprint density at radius 1 is 1.11 bits per heavy atom. The molecule has 1 aromatic heterocycles. The lowest BCUT2D eigenvalue weighted by Gasteiger charge is -2.39. The minimum Gasteiger partial charge on any atom is -0.497 e. The summed E-state index contributed by atoms with van der Waals surface area (Å²) in [5.74, 6) is 2.60. The molecule has 0 amide bonds. The highest BCUT2D eigenvalue weighted by atomic mass is 32.2. The second kappa shape index (κ2) is 14.2. The molecule has 0 radical (unpaired) electrons. The highest BCUT2D eigenvalue weighted by Gasteiger charge is 2.29. The van der Waals surface area contributed by atoms with Gasteiger partial charge in [-0.25, -0.2) is 0 Å². The van der Waals surface area contributed by atoms with Crippen molar-refractivity contribution < 1.29 is 14.6 Å². The number of benzene rings is 1. The fourth-order valence-corrected chi connectivity index (χ4v) is 7.52. The molecule has 1 N–H and O–H groups in total. The molecule has 4 rings (SSSR count). The first-order chi connectivity index (χ1) is 17.6. The van der Waals surface area contributed by atoms with Crippen molar-refractivity contribution in [2.24, 2.45) is 11.8 Å². The SMILES string of the molecule is COc1ccc2nccc(CCCC3CCN(CCCSC4CCCCC4)CC3CCC(=O)O)c2c1. The van der Waals surface area contributed by atoms with Crippen molar-refractivity contribution in [2.45, 2.75) is 82.3 Å². The fraction of sp³-hybridized carbons (Fsp3) is 0.667. The topological polar surface area (TPSA) is 62.7 Å². The number of carboxylic acids is 1. The van der Waals surface area contributed by atoms with Crippen LogP contribution in [0.5, 0.6) is 5.75 Å². The molecule has 1 aliphatic carbocycles. The Morgan fingerprint density at radius 3 is 2.78 bits per heavy atom. The summed E-state index contributed by atoms with van der Waals surface area (Å²) in [5, 5.41) is 11.4. The van der Waals surface area contributed by atoms with Gasteiger partial charge in [-0.15, -0.1) is 0 Å². The summed E-state index contributed by atoms with van der Waals surface area (Å²) in [7, 11) is 1.70. The summed E-state index contributed by atoms with van der Waals surface area (Å²) in [6, 6.07) is 8.23. The molecule has 36 heavy (non-hydrogen) atoms. The molecule has 5 nitrogen and oxygen atoms in total. The number of thioether (sulfide) groups is 1. The van der Waals surface area contributed by atoms with E-state index in [0.29, 0.717) is 18.3 Å². The quantitative estimate of drug-likeness (QED) is 0.297. The number of aliphatic carboxylic acids is 1. The molecule has 2 unspecified atom stereocenters. The number of carbonyl (C=O) groups is 1. The zero-order valence-corrected chi connectivity index (χ0v) is 22.8. The number of carboxylic acid groups (broad SMARTS) is 1. The standard InChI is InChI=1S/C30H44N2O3S/c1-35-26-12-13-29-28(21-26)24(15-17-31-29)8-5-7-23-16-19-32(22-25(23)11-14-30(33)34)18-6-20-36-27-9-3-2-4-10-27/h12-13,15,17,21,23,25,27H,2-11,14,16,18-20,22H2,1H3,(H,33,34). The Kier molecular flexibility index (Phi) is 10.8. The van der Waals surface area contributed by atoms with Crippen LogP contribution in [0.25, 0.3) is 10.9 Å². The van der Waals surface area contributed by atoms with Crippen molar-refractivity contribution in [1.82, 2.24) is 9.88 Å². The van der Waals surface area contributed by atoms with Crippen LogP contribution >= 0.6 is 11.8 Å². The van der Waals surface area contributed by atoms with Crippen molar-refractivity contribution >= 4 is 28.6 Å². The van der Waals surface area contributed by atoms with E-state index in [1.165, 1.54) is 74.6 Å². The number of ether oxygens (including phenoxy) is 1. The predicted molar refractivity (Wildman–Crippen MR) is 150 cm³/mol. The van der Waals surface area contributed by atoms with Crippen molar-refractivity contribution in [3.8, 4) is 5.75 Å². The summed E-state index contributed by atoms with van der Waals surface area (Å²) >= 11 is 2.20. The first-order valence-electron chi connectivity index (χ1n) is 14.1. The van der Waals surface area contributed by atoms with Gasteiger partial charge in [0.25, 0.3) is 0 Å². The molecule has 0 bridgehead atoms. The Bertz CT molecular complexity index is 962. The van der Waals surface area contributed by atoms with Crippen LogP contribution in [0, 0.1) is 11.8 Å². The first kappa shape index (κ1) is 27.3. The van der Waals surface area contributed by atoms with Crippen LogP contribution in [0.2, 0.25) is 0 Å². The number of aryl methyl sites for hydroxylation is 1. The molecule has 1 aromatic carbocycles. The van der Waals surface area contributed by atoms with Gasteiger partial charge in [0.1, 0.15) is 5.75 Å². The summed E-state index contributed by atoms with van der Waals surface area (Å²) in [6.07, 6.45) is 15.9. The van der Waals surface area contributed by atoms with E-state index in [0.717, 1.165) is 48.9 Å². The summed E-state index contributed by atoms with van der Waals surface area (Å²) < 4.78 is 5.43. The third-order valence-electron chi connectivity index (χ3n) is 8.29. The third-order valence-corrected chi connectivity index (χ3v) is 9.76. The van der Waals surface area contributed by atoms with Gasteiger partial charge in [0.2, 0.25) is 0 Å². The summed E-state index contributed by atoms with van der Waals surface area (Å²) in [4.78, 5) is 18.5. The molecule has 6 heteroatoms. The van der Waals surface area contributed by atoms with E-state index in [9.17, 15) is 9.90 Å². The molecular weight excluding hydrogens is 468 g/mol. The number of hydrogen-bond acceptors (Lipinski definition) is 5. The maximum Gasteiger partial charge on any atom is 0.303 e. The predicted octanol–water partition coefficient (Wildman–Crippen LogP) is 6.83. The van der Waals surface area contributed by atoms with E-state index in [4.69, 9.17) is 4.74 Å². The van der Waals surface area contributed by atoms with Crippen molar-refractivity contribution in [2.75, 3.05) is 32.5 Å². The summed E-state index contributed by atoms with van der Waals surface area (Å²) in [5.41, 5.74) is 2.34. The summed E-state index contributed by atoms with van der Waals surface area (Å²) in [6.45, 7) is 3.40. The monoisotopic (exact) mass is 512 g/mol. The lowest BCUT2D eigenvalue weighted by Crippen LogP contribution is -2.41. The average molecular weight is 513 g/mol. The van der Waals surface area contributed by atoms with E-state index in [1.54, 1.807) is 7.11 Å². The van der Waals surface area contributed by atoms with Crippen molar-refractivity contribution in [3.05, 3.63) is 36.0 Å². The van der Waals surface area contributed by atoms with Crippen molar-refractivity contribution in [3.63, 3.8) is 0 Å². The molecule has 1 saturated heterocycles. The second-order valence-electron chi connectivity index (χ2n) is 10.8. The third kappa shape index (κ3) is 8.11. The Labute approximate surface area is 221 Å². The number of fused-ring (bicyclic) bond motifs is 1. The molecule has 2 heterocycles. The van der Waals surface area contributed by atoms with E-state index in [2.05, 4.69) is 33.8 Å². The zero-order chi connectivity index (χ0) is 25.2. The van der Waals surface area contributed by atoms with Gasteiger partial charge in [0.15, 0.2) is 0 Å². The minimum atomic E-state index is -0.660. The molecule has 2 aliphatic rings. The van der Waals surface area contributed by atoms with Gasteiger partial charge < -0.3 is 14.7 Å². The van der Waals surface area contributed by atoms with Gasteiger partial charge in [-0.2, -0.15) is 11.8 Å². The van der Waals surface area contributed by atoms with Crippen LogP contribution in [0.3, 0.4) is 0 Å². The number of likely N-dealkylation sites (tertiary alicyclic amines) is 1. The Morgan fingerprint density at radius 2 is 1.97 bits per heavy atom. The molecule has 198 valence electrons. The molecule has 0 spiro atoms. The van der Waals surface area contributed by atoms with Gasteiger partial charge in [-0.05, 0) is 112 Å².